The predicted octanol–water partition coefficient (Wildman–Crippen LogP) is 3.40. The van der Waals surface area contributed by atoms with Gasteiger partial charge in [-0.2, -0.15) is 4.98 Å². The van der Waals surface area contributed by atoms with Crippen molar-refractivity contribution in [3.8, 4) is 5.88 Å². The summed E-state index contributed by atoms with van der Waals surface area (Å²) < 4.78 is 2.62. The summed E-state index contributed by atoms with van der Waals surface area (Å²) in [5.41, 5.74) is 8.27. The number of aliphatic hydroxyl groups is 1. The van der Waals surface area contributed by atoms with E-state index in [9.17, 15) is 19.8 Å². The minimum atomic E-state index is -0.976. The van der Waals surface area contributed by atoms with Crippen LogP contribution in [0.1, 0.15) is 51.3 Å². The maximum atomic E-state index is 13.5. The molecule has 0 saturated carbocycles. The summed E-state index contributed by atoms with van der Waals surface area (Å²) in [5.74, 6) is -1.92. The van der Waals surface area contributed by atoms with Gasteiger partial charge in [0.05, 0.1) is 23.5 Å². The Bertz CT molecular complexity index is 1610. The lowest BCUT2D eigenvalue weighted by Gasteiger charge is -2.13. The fourth-order valence-corrected chi connectivity index (χ4v) is 6.24. The van der Waals surface area contributed by atoms with Crippen LogP contribution < -0.4 is 16.6 Å². The molecule has 0 amide bonds. The van der Waals surface area contributed by atoms with E-state index in [1.807, 2.05) is 32.0 Å². The molecule has 1 aliphatic rings. The van der Waals surface area contributed by atoms with Gasteiger partial charge in [0.1, 0.15) is 21.3 Å². The van der Waals surface area contributed by atoms with E-state index in [-0.39, 0.29) is 33.6 Å². The van der Waals surface area contributed by atoms with Gasteiger partial charge in [0, 0.05) is 18.0 Å². The van der Waals surface area contributed by atoms with Crippen molar-refractivity contribution in [1.29, 1.82) is 0 Å². The number of anilines is 2. The van der Waals surface area contributed by atoms with E-state index in [1.165, 1.54) is 0 Å². The number of ketones is 1. The number of nitrogens with one attached hydrogen (secondary N) is 2. The first-order valence-corrected chi connectivity index (χ1v) is 13.9. The van der Waals surface area contributed by atoms with Gasteiger partial charge >= 0.3 is 0 Å². The number of Topliss-reactive ketones (excluding diaryl/α,β-unsaturated/α-hetero) is 1. The zero-order valence-corrected chi connectivity index (χ0v) is 22.8. The molecule has 0 spiro atoms. The average molecular weight is 557 g/mol. The van der Waals surface area contributed by atoms with E-state index in [2.05, 4.69) is 33.9 Å². The second kappa shape index (κ2) is 9.94. The van der Waals surface area contributed by atoms with Gasteiger partial charge in [0.2, 0.25) is 5.88 Å². The normalized spacial score (nSPS) is 18.2. The first-order valence-electron chi connectivity index (χ1n) is 11.6. The number of aryl methyl sites for hydroxylation is 1. The number of nitrogens with zero attached hydrogens (tertiary/aromatic N) is 3. The van der Waals surface area contributed by atoms with Gasteiger partial charge in [-0.25, -0.2) is 0 Å². The Hall–Kier alpha value is -3.18. The molecule has 3 aromatic heterocycles. The van der Waals surface area contributed by atoms with Crippen molar-refractivity contribution < 1.29 is 15.0 Å². The summed E-state index contributed by atoms with van der Waals surface area (Å²) in [6, 6.07) is 5.98. The Morgan fingerprint density at radius 3 is 2.97 bits per heavy atom. The number of aromatic nitrogens is 3. The average Bonchev–Trinajstić information content (AvgIpc) is 3.52. The predicted molar refractivity (Wildman–Crippen MR) is 150 cm³/mol. The van der Waals surface area contributed by atoms with E-state index >= 15 is 0 Å². The van der Waals surface area contributed by atoms with Crippen LogP contribution in [0.2, 0.25) is 0 Å². The van der Waals surface area contributed by atoms with Crippen molar-refractivity contribution in [2.75, 3.05) is 5.32 Å². The number of aromatic hydroxyl groups is 1. The number of thiazole rings is 1. The second-order valence-corrected chi connectivity index (χ2v) is 11.4. The Labute approximate surface area is 222 Å². The molecule has 0 fully saturated rings. The van der Waals surface area contributed by atoms with Crippen LogP contribution in [-0.2, 0) is 6.42 Å². The van der Waals surface area contributed by atoms with Crippen LogP contribution in [0.3, 0.4) is 0 Å². The third-order valence-electron chi connectivity index (χ3n) is 6.29. The summed E-state index contributed by atoms with van der Waals surface area (Å²) in [6.07, 6.45) is 1.74. The quantitative estimate of drug-likeness (QED) is 0.0999. The van der Waals surface area contributed by atoms with Gasteiger partial charge in [-0.1, -0.05) is 36.0 Å². The number of hydrogen-bond acceptors (Lipinski definition) is 10. The Morgan fingerprint density at radius 1 is 1.43 bits per heavy atom. The van der Waals surface area contributed by atoms with Gasteiger partial charge in [0.25, 0.3) is 5.56 Å². The summed E-state index contributed by atoms with van der Waals surface area (Å²) in [5, 5.41) is 26.8. The molecular weight excluding hydrogens is 531 g/mol. The molecule has 4 unspecified atom stereocenters. The first kappa shape index (κ1) is 25.5. The number of aromatic amines is 1. The van der Waals surface area contributed by atoms with Crippen molar-refractivity contribution in [2.45, 2.75) is 44.5 Å². The summed E-state index contributed by atoms with van der Waals surface area (Å²) in [4.78, 5) is 38.8. The Kier molecular flexibility index (Phi) is 6.84. The summed E-state index contributed by atoms with van der Waals surface area (Å²) in [6.45, 7) is 3.94. The number of carbonyl (C=O) groups is 1. The second-order valence-electron chi connectivity index (χ2n) is 8.85. The van der Waals surface area contributed by atoms with Crippen molar-refractivity contribution in [2.24, 2.45) is 10.7 Å². The molecule has 0 bridgehead atoms. The van der Waals surface area contributed by atoms with Crippen LogP contribution in [0.25, 0.3) is 10.8 Å². The van der Waals surface area contributed by atoms with Crippen LogP contribution in [0.4, 0.5) is 10.1 Å². The van der Waals surface area contributed by atoms with Gasteiger partial charge < -0.3 is 21.3 Å². The fraction of sp³-hybridized carbons (Fsp3) is 0.292. The highest BCUT2D eigenvalue weighted by Gasteiger charge is 2.41. The molecule has 13 heteroatoms. The zero-order chi connectivity index (χ0) is 26.4. The molecule has 4 atom stereocenters. The number of fused-ring (bicyclic) bond motifs is 3. The van der Waals surface area contributed by atoms with E-state index in [0.29, 0.717) is 10.7 Å². The van der Waals surface area contributed by atoms with Crippen molar-refractivity contribution in [3.05, 3.63) is 62.0 Å². The van der Waals surface area contributed by atoms with Crippen molar-refractivity contribution in [3.63, 3.8) is 0 Å². The van der Waals surface area contributed by atoms with E-state index in [4.69, 9.17) is 5.73 Å². The molecule has 1 aromatic carbocycles. The van der Waals surface area contributed by atoms with Crippen molar-refractivity contribution >= 4 is 64.6 Å². The Morgan fingerprint density at radius 2 is 2.22 bits per heavy atom. The van der Waals surface area contributed by atoms with Crippen LogP contribution in [-0.4, -0.2) is 48.1 Å². The van der Waals surface area contributed by atoms with Crippen LogP contribution in [0, 0.1) is 6.92 Å². The van der Waals surface area contributed by atoms with Crippen LogP contribution >= 0.6 is 32.1 Å². The molecule has 0 saturated heterocycles. The Balaban J connectivity index is 1.45. The molecule has 6 N–H and O–H groups in total. The van der Waals surface area contributed by atoms with E-state index < -0.39 is 29.2 Å². The van der Waals surface area contributed by atoms with E-state index in [1.54, 1.807) is 6.20 Å². The number of H-pyrrole nitrogens is 1. The smallest absolute Gasteiger partial charge is 0.271 e. The lowest BCUT2D eigenvalue weighted by molar-refractivity contribution is 0.0839. The SMILES string of the molecule is CCC(P)N=C(N)c1c(Nc2nc(O)c(C(=O)C3c4ncc5cc(C)ccc5c4CC3O)s2)s[nH]c1=O. The monoisotopic (exact) mass is 556 g/mol. The molecule has 1 aliphatic carbocycles. The standard InChI is InChI=1S/C24H25N6O4PS2/c1-3-14(35)27-20(25)16-21(33)30-37-23(16)29-24-28-22(34)19(36-24)18(32)15-13(31)7-12-11-5-4-9(2)6-10(11)8-26-17(12)15/h4-6,8,13-15,31,34H,3,7,35H2,1-2H3,(H2,25,27)(H,28,29)(H,30,33). The molecule has 3 heterocycles. The highest BCUT2D eigenvalue weighted by Crippen LogP contribution is 2.41. The van der Waals surface area contributed by atoms with Crippen LogP contribution in [0.15, 0.2) is 34.2 Å². The molecule has 192 valence electrons. The third kappa shape index (κ3) is 4.66. The lowest BCUT2D eigenvalue weighted by Crippen LogP contribution is -2.23. The summed E-state index contributed by atoms with van der Waals surface area (Å²) in [7, 11) is 2.55. The number of aliphatic imine (C=N–C) groups is 1. The first-order chi connectivity index (χ1) is 17.7. The third-order valence-corrected chi connectivity index (χ3v) is 8.68. The minimum Gasteiger partial charge on any atom is -0.492 e. The molecule has 10 nitrogen and oxygen atoms in total. The number of hydrogen-bond donors (Lipinski definition) is 5. The largest absolute Gasteiger partial charge is 0.492 e. The number of rotatable bonds is 7. The molecule has 4 aromatic rings. The number of carbonyl (C=O) groups excluding carboxylic acids is 1. The fourth-order valence-electron chi connectivity index (χ4n) is 4.43. The molecule has 0 radical (unpaired) electrons. The maximum absolute atomic E-state index is 13.5. The molecule has 5 rings (SSSR count). The molecule has 37 heavy (non-hydrogen) atoms. The number of nitrogens with two attached hydrogens (primary N) is 1. The number of pyridine rings is 1. The van der Waals surface area contributed by atoms with Gasteiger partial charge in [0.15, 0.2) is 10.9 Å². The lowest BCUT2D eigenvalue weighted by atomic mass is 9.97. The number of amidine groups is 1. The minimum absolute atomic E-state index is 0.00715. The van der Waals surface area contributed by atoms with Gasteiger partial charge in [-0.15, -0.1) is 9.24 Å². The number of benzene rings is 1. The topological polar surface area (TPSA) is 167 Å². The number of aliphatic hydroxyl groups excluding tert-OH is 1. The molecular formula is C24H25N6O4PS2. The maximum Gasteiger partial charge on any atom is 0.271 e. The van der Waals surface area contributed by atoms with E-state index in [0.717, 1.165) is 51.2 Å². The highest BCUT2D eigenvalue weighted by atomic mass is 32.1. The van der Waals surface area contributed by atoms with Gasteiger partial charge in [-0.3, -0.25) is 23.9 Å². The summed E-state index contributed by atoms with van der Waals surface area (Å²) >= 11 is 1.93. The molecule has 0 aliphatic heterocycles. The van der Waals surface area contributed by atoms with Gasteiger partial charge in [-0.05, 0) is 41.9 Å². The zero-order valence-electron chi connectivity index (χ0n) is 20.0. The van der Waals surface area contributed by atoms with Crippen LogP contribution in [0.5, 0.6) is 5.88 Å². The van der Waals surface area contributed by atoms with Crippen molar-refractivity contribution in [1.82, 2.24) is 14.3 Å². The highest BCUT2D eigenvalue weighted by molar-refractivity contribution is 7.18.